The number of hydrogen-bond acceptors (Lipinski definition) is 2. The molecule has 0 saturated heterocycles. The van der Waals surface area contributed by atoms with E-state index in [1.807, 2.05) is 18.2 Å². The molecule has 1 aromatic carbocycles. The summed E-state index contributed by atoms with van der Waals surface area (Å²) in [6, 6.07) is 9.81. The molecule has 0 heterocycles. The molecule has 3 heteroatoms. The van der Waals surface area contributed by atoms with Gasteiger partial charge in [0, 0.05) is 12.6 Å². The van der Waals surface area contributed by atoms with Crippen LogP contribution < -0.4 is 11.5 Å². The van der Waals surface area contributed by atoms with Gasteiger partial charge in [-0.2, -0.15) is 0 Å². The van der Waals surface area contributed by atoms with Gasteiger partial charge >= 0.3 is 0 Å². The maximum Gasteiger partial charge on any atom is 0.106 e. The van der Waals surface area contributed by atoms with Gasteiger partial charge < -0.3 is 11.5 Å². The standard InChI is InChI=1S/C7H8.C3H9FN2/c1-7-5-3-2-4-6-7;4-1-3(6)2-5/h2-6H,1H3;3H,1-2,5-6H2. The molecule has 1 atom stereocenters. The number of rotatable bonds is 2. The Labute approximate surface area is 78.7 Å². The minimum atomic E-state index is -0.517. The van der Waals surface area contributed by atoms with E-state index in [0.717, 1.165) is 0 Å². The van der Waals surface area contributed by atoms with Crippen molar-refractivity contribution in [1.29, 1.82) is 0 Å². The summed E-state index contributed by atoms with van der Waals surface area (Å²) >= 11 is 0. The Morgan fingerprint density at radius 1 is 1.31 bits per heavy atom. The lowest BCUT2D eigenvalue weighted by Gasteiger charge is -1.97. The zero-order valence-corrected chi connectivity index (χ0v) is 7.91. The molecule has 74 valence electrons. The van der Waals surface area contributed by atoms with E-state index in [1.54, 1.807) is 0 Å². The molecule has 0 aliphatic carbocycles. The van der Waals surface area contributed by atoms with Crippen LogP contribution in [0.5, 0.6) is 0 Å². The maximum atomic E-state index is 11.2. The fourth-order valence-electron chi connectivity index (χ4n) is 0.597. The van der Waals surface area contributed by atoms with Crippen LogP contribution in [0, 0.1) is 6.92 Å². The SMILES string of the molecule is Cc1ccccc1.NCC(N)CF. The van der Waals surface area contributed by atoms with Crippen LogP contribution >= 0.6 is 0 Å². The normalized spacial score (nSPS) is 11.4. The van der Waals surface area contributed by atoms with Crippen LogP contribution in [-0.2, 0) is 0 Å². The van der Waals surface area contributed by atoms with E-state index in [4.69, 9.17) is 11.5 Å². The van der Waals surface area contributed by atoms with Crippen molar-refractivity contribution >= 4 is 0 Å². The Morgan fingerprint density at radius 3 is 2.00 bits per heavy atom. The maximum absolute atomic E-state index is 11.2. The molecule has 0 aliphatic rings. The zero-order valence-electron chi connectivity index (χ0n) is 7.91. The van der Waals surface area contributed by atoms with Crippen molar-refractivity contribution in [3.05, 3.63) is 35.9 Å². The van der Waals surface area contributed by atoms with Crippen LogP contribution in [0.15, 0.2) is 30.3 Å². The van der Waals surface area contributed by atoms with Gasteiger partial charge in [0.05, 0.1) is 0 Å². The third kappa shape index (κ3) is 7.43. The van der Waals surface area contributed by atoms with Crippen molar-refractivity contribution in [3.63, 3.8) is 0 Å². The fraction of sp³-hybridized carbons (Fsp3) is 0.400. The van der Waals surface area contributed by atoms with Gasteiger partial charge in [0.2, 0.25) is 0 Å². The van der Waals surface area contributed by atoms with E-state index in [-0.39, 0.29) is 6.54 Å². The molecule has 0 radical (unpaired) electrons. The number of aryl methyl sites for hydroxylation is 1. The Kier molecular flexibility index (Phi) is 7.15. The molecule has 0 amide bonds. The number of benzene rings is 1. The first kappa shape index (κ1) is 12.1. The van der Waals surface area contributed by atoms with Crippen molar-refractivity contribution in [2.45, 2.75) is 13.0 Å². The number of hydrogen-bond donors (Lipinski definition) is 2. The quantitative estimate of drug-likeness (QED) is 0.726. The summed E-state index contributed by atoms with van der Waals surface area (Å²) in [4.78, 5) is 0. The average Bonchev–Trinajstić information content (AvgIpc) is 2.19. The average molecular weight is 184 g/mol. The summed E-state index contributed by atoms with van der Waals surface area (Å²) in [5, 5.41) is 0. The summed E-state index contributed by atoms with van der Waals surface area (Å²) < 4.78 is 11.2. The molecule has 0 spiro atoms. The highest BCUT2D eigenvalue weighted by Crippen LogP contribution is 1.92. The lowest BCUT2D eigenvalue weighted by molar-refractivity contribution is 0.433. The van der Waals surface area contributed by atoms with Crippen LogP contribution in [0.1, 0.15) is 5.56 Å². The van der Waals surface area contributed by atoms with Gasteiger partial charge in [-0.3, -0.25) is 0 Å². The molecule has 0 bridgehead atoms. The third-order valence-corrected chi connectivity index (χ3v) is 1.44. The van der Waals surface area contributed by atoms with Gasteiger partial charge in [-0.05, 0) is 6.92 Å². The Hall–Kier alpha value is -0.930. The molecule has 13 heavy (non-hydrogen) atoms. The molecule has 4 N–H and O–H groups in total. The second kappa shape index (κ2) is 7.71. The molecule has 0 saturated carbocycles. The second-order valence-electron chi connectivity index (χ2n) is 2.80. The molecular weight excluding hydrogens is 167 g/mol. The summed E-state index contributed by atoms with van der Waals surface area (Å²) in [6.45, 7) is 1.80. The van der Waals surface area contributed by atoms with E-state index in [0.29, 0.717) is 0 Å². The van der Waals surface area contributed by atoms with Crippen LogP contribution in [0.25, 0.3) is 0 Å². The molecule has 1 rings (SSSR count). The summed E-state index contributed by atoms with van der Waals surface area (Å²) in [6.07, 6.45) is 0. The first-order valence-electron chi connectivity index (χ1n) is 4.24. The monoisotopic (exact) mass is 184 g/mol. The van der Waals surface area contributed by atoms with Gasteiger partial charge in [0.25, 0.3) is 0 Å². The number of alkyl halides is 1. The van der Waals surface area contributed by atoms with E-state index in [9.17, 15) is 4.39 Å². The van der Waals surface area contributed by atoms with Crippen LogP contribution in [0.2, 0.25) is 0 Å². The van der Waals surface area contributed by atoms with Crippen molar-refractivity contribution in [3.8, 4) is 0 Å². The highest BCUT2D eigenvalue weighted by atomic mass is 19.1. The molecule has 0 aliphatic heterocycles. The van der Waals surface area contributed by atoms with Gasteiger partial charge in [-0.1, -0.05) is 35.9 Å². The first-order chi connectivity index (χ1) is 6.20. The zero-order chi connectivity index (χ0) is 10.1. The van der Waals surface area contributed by atoms with Gasteiger partial charge in [0.15, 0.2) is 0 Å². The van der Waals surface area contributed by atoms with Crippen LogP contribution in [-0.4, -0.2) is 19.3 Å². The first-order valence-corrected chi connectivity index (χ1v) is 4.24. The highest BCUT2D eigenvalue weighted by molar-refractivity contribution is 5.11. The molecule has 1 aromatic rings. The largest absolute Gasteiger partial charge is 0.329 e. The topological polar surface area (TPSA) is 52.0 Å². The lowest BCUT2D eigenvalue weighted by Crippen LogP contribution is -2.31. The summed E-state index contributed by atoms with van der Waals surface area (Å²) in [5.74, 6) is 0. The van der Waals surface area contributed by atoms with Gasteiger partial charge in [0.1, 0.15) is 6.67 Å². The van der Waals surface area contributed by atoms with E-state index in [2.05, 4.69) is 19.1 Å². The minimum absolute atomic E-state index is 0.233. The van der Waals surface area contributed by atoms with Crippen molar-refractivity contribution < 1.29 is 4.39 Å². The molecule has 0 fully saturated rings. The van der Waals surface area contributed by atoms with Crippen LogP contribution in [0.3, 0.4) is 0 Å². The number of halogens is 1. The fourth-order valence-corrected chi connectivity index (χ4v) is 0.597. The molecule has 0 aromatic heterocycles. The minimum Gasteiger partial charge on any atom is -0.329 e. The van der Waals surface area contributed by atoms with Crippen molar-refractivity contribution in [1.82, 2.24) is 0 Å². The highest BCUT2D eigenvalue weighted by Gasteiger charge is 1.92. The van der Waals surface area contributed by atoms with Crippen LogP contribution in [0.4, 0.5) is 4.39 Å². The molecule has 1 unspecified atom stereocenters. The third-order valence-electron chi connectivity index (χ3n) is 1.44. The number of nitrogens with two attached hydrogens (primary N) is 2. The second-order valence-corrected chi connectivity index (χ2v) is 2.80. The molecule has 2 nitrogen and oxygen atoms in total. The summed E-state index contributed by atoms with van der Waals surface area (Å²) in [7, 11) is 0. The van der Waals surface area contributed by atoms with Gasteiger partial charge in [-0.15, -0.1) is 0 Å². The predicted octanol–water partition coefficient (Wildman–Crippen LogP) is 1.24. The summed E-state index contributed by atoms with van der Waals surface area (Å²) in [5.41, 5.74) is 11.2. The van der Waals surface area contributed by atoms with Crippen molar-refractivity contribution in [2.24, 2.45) is 11.5 Å². The Morgan fingerprint density at radius 2 is 1.85 bits per heavy atom. The lowest BCUT2D eigenvalue weighted by atomic mass is 10.2. The Bertz CT molecular complexity index is 197. The Balaban J connectivity index is 0.000000226. The van der Waals surface area contributed by atoms with Gasteiger partial charge in [-0.25, -0.2) is 4.39 Å². The van der Waals surface area contributed by atoms with E-state index >= 15 is 0 Å². The molecular formula is C10H17FN2. The predicted molar refractivity (Wildman–Crippen MR) is 54.2 cm³/mol. The van der Waals surface area contributed by atoms with Crippen molar-refractivity contribution in [2.75, 3.05) is 13.2 Å². The van der Waals surface area contributed by atoms with E-state index in [1.165, 1.54) is 5.56 Å². The van der Waals surface area contributed by atoms with E-state index < -0.39 is 12.7 Å². The smallest absolute Gasteiger partial charge is 0.106 e.